The summed E-state index contributed by atoms with van der Waals surface area (Å²) in [5.41, 5.74) is 1.30. The van der Waals surface area contributed by atoms with Crippen LogP contribution in [0.3, 0.4) is 0 Å². The molecule has 0 saturated heterocycles. The van der Waals surface area contributed by atoms with Crippen LogP contribution in [0.4, 0.5) is 0 Å². The maximum Gasteiger partial charge on any atom is 0.256 e. The molecule has 26 heavy (non-hydrogen) atoms. The van der Waals surface area contributed by atoms with Gasteiger partial charge in [0.1, 0.15) is 0 Å². The largest absolute Gasteiger partial charge is 0.321 e. The lowest BCUT2D eigenvalue weighted by Gasteiger charge is -2.09. The number of benzene rings is 3. The molecule has 2 N–H and O–H groups in total. The SMILES string of the molecule is O=c1[nH]c2ccc(S(=O)(=O)NCc3ccccc3)cc2c2ccccc12. The van der Waals surface area contributed by atoms with Crippen LogP contribution in [-0.2, 0) is 16.6 Å². The van der Waals surface area contributed by atoms with Gasteiger partial charge in [0.15, 0.2) is 0 Å². The molecule has 0 saturated carbocycles. The van der Waals surface area contributed by atoms with Gasteiger partial charge in [0.2, 0.25) is 10.0 Å². The monoisotopic (exact) mass is 364 g/mol. The lowest BCUT2D eigenvalue weighted by molar-refractivity contribution is 0.581. The van der Waals surface area contributed by atoms with Crippen molar-refractivity contribution in [3.63, 3.8) is 0 Å². The van der Waals surface area contributed by atoms with Crippen molar-refractivity contribution in [2.75, 3.05) is 0 Å². The Morgan fingerprint density at radius 1 is 0.808 bits per heavy atom. The van der Waals surface area contributed by atoms with Crippen LogP contribution in [0.5, 0.6) is 0 Å². The van der Waals surface area contributed by atoms with E-state index in [1.165, 1.54) is 6.07 Å². The van der Waals surface area contributed by atoms with Gasteiger partial charge in [-0.05, 0) is 35.2 Å². The molecule has 3 aromatic carbocycles. The summed E-state index contributed by atoms with van der Waals surface area (Å²) in [5.74, 6) is 0. The summed E-state index contributed by atoms with van der Waals surface area (Å²) >= 11 is 0. The van der Waals surface area contributed by atoms with Crippen molar-refractivity contribution >= 4 is 31.7 Å². The van der Waals surface area contributed by atoms with Crippen LogP contribution in [0.25, 0.3) is 21.7 Å². The first-order valence-corrected chi connectivity index (χ1v) is 9.61. The van der Waals surface area contributed by atoms with Gasteiger partial charge in [-0.2, -0.15) is 0 Å². The average Bonchev–Trinajstić information content (AvgIpc) is 2.67. The van der Waals surface area contributed by atoms with E-state index in [-0.39, 0.29) is 17.0 Å². The molecule has 6 heteroatoms. The molecule has 4 rings (SSSR count). The zero-order valence-corrected chi connectivity index (χ0v) is 14.6. The Labute approximate surface area is 150 Å². The first-order valence-electron chi connectivity index (χ1n) is 8.13. The second kappa shape index (κ2) is 6.40. The Balaban J connectivity index is 1.78. The van der Waals surface area contributed by atoms with Crippen molar-refractivity contribution < 1.29 is 8.42 Å². The fourth-order valence-corrected chi connectivity index (χ4v) is 4.03. The number of H-pyrrole nitrogens is 1. The predicted molar refractivity (Wildman–Crippen MR) is 103 cm³/mol. The Kier molecular flexibility index (Phi) is 4.06. The van der Waals surface area contributed by atoms with Gasteiger partial charge in [0, 0.05) is 22.8 Å². The van der Waals surface area contributed by atoms with Gasteiger partial charge in [0.05, 0.1) is 4.90 Å². The van der Waals surface area contributed by atoms with Crippen LogP contribution in [0.15, 0.2) is 82.5 Å². The number of nitrogens with one attached hydrogen (secondary N) is 2. The van der Waals surface area contributed by atoms with Gasteiger partial charge < -0.3 is 4.98 Å². The van der Waals surface area contributed by atoms with Crippen LogP contribution in [0.1, 0.15) is 5.56 Å². The van der Waals surface area contributed by atoms with E-state index in [1.807, 2.05) is 42.5 Å². The van der Waals surface area contributed by atoms with Gasteiger partial charge in [-0.15, -0.1) is 0 Å². The number of fused-ring (bicyclic) bond motifs is 3. The van der Waals surface area contributed by atoms with Gasteiger partial charge in [-0.1, -0.05) is 48.5 Å². The molecule has 1 heterocycles. The highest BCUT2D eigenvalue weighted by Crippen LogP contribution is 2.24. The molecule has 0 atom stereocenters. The van der Waals surface area contributed by atoms with E-state index in [0.29, 0.717) is 16.3 Å². The summed E-state index contributed by atoms with van der Waals surface area (Å²) in [4.78, 5) is 15.1. The Morgan fingerprint density at radius 2 is 1.50 bits per heavy atom. The Hall–Kier alpha value is -2.96. The summed E-state index contributed by atoms with van der Waals surface area (Å²) in [6.45, 7) is 0.216. The summed E-state index contributed by atoms with van der Waals surface area (Å²) in [6, 6.07) is 21.2. The molecule has 0 aliphatic heterocycles. The van der Waals surface area contributed by atoms with E-state index < -0.39 is 10.0 Å². The number of sulfonamides is 1. The van der Waals surface area contributed by atoms with Crippen LogP contribution in [0.2, 0.25) is 0 Å². The molecule has 0 fully saturated rings. The van der Waals surface area contributed by atoms with E-state index in [2.05, 4.69) is 9.71 Å². The summed E-state index contributed by atoms with van der Waals surface area (Å²) in [5, 5.41) is 1.96. The number of aromatic nitrogens is 1. The summed E-state index contributed by atoms with van der Waals surface area (Å²) in [6.07, 6.45) is 0. The van der Waals surface area contributed by atoms with Crippen molar-refractivity contribution in [2.45, 2.75) is 11.4 Å². The molecular weight excluding hydrogens is 348 g/mol. The highest BCUT2D eigenvalue weighted by Gasteiger charge is 2.15. The number of rotatable bonds is 4. The fraction of sp³-hybridized carbons (Fsp3) is 0.0500. The maximum absolute atomic E-state index is 12.7. The van der Waals surface area contributed by atoms with E-state index >= 15 is 0 Å². The first kappa shape index (κ1) is 16.5. The zero-order valence-electron chi connectivity index (χ0n) is 13.8. The molecule has 0 aliphatic carbocycles. The summed E-state index contributed by atoms with van der Waals surface area (Å²) < 4.78 is 28.0. The van der Waals surface area contributed by atoms with Gasteiger partial charge in [-0.3, -0.25) is 4.79 Å². The Morgan fingerprint density at radius 3 is 2.27 bits per heavy atom. The molecule has 0 unspecified atom stereocenters. The molecular formula is C20H16N2O3S. The number of hydrogen-bond donors (Lipinski definition) is 2. The minimum Gasteiger partial charge on any atom is -0.321 e. The quantitative estimate of drug-likeness (QED) is 0.546. The van der Waals surface area contributed by atoms with E-state index in [9.17, 15) is 13.2 Å². The summed E-state index contributed by atoms with van der Waals surface area (Å²) in [7, 11) is -3.67. The standard InChI is InChI=1S/C20H16N2O3S/c23-20-17-9-5-4-8-16(17)18-12-15(10-11-19(18)22-20)26(24,25)21-13-14-6-2-1-3-7-14/h1-12,21H,13H2,(H,22,23). The van der Waals surface area contributed by atoms with E-state index in [4.69, 9.17) is 0 Å². The maximum atomic E-state index is 12.7. The third-order valence-corrected chi connectivity index (χ3v) is 5.72. The van der Waals surface area contributed by atoms with Crippen LogP contribution in [0, 0.1) is 0 Å². The predicted octanol–water partition coefficient (Wildman–Crippen LogP) is 3.16. The Bertz CT molecular complexity index is 1260. The smallest absolute Gasteiger partial charge is 0.256 e. The van der Waals surface area contributed by atoms with Gasteiger partial charge in [-0.25, -0.2) is 13.1 Å². The lowest BCUT2D eigenvalue weighted by atomic mass is 10.1. The van der Waals surface area contributed by atoms with Gasteiger partial charge >= 0.3 is 0 Å². The lowest BCUT2D eigenvalue weighted by Crippen LogP contribution is -2.23. The second-order valence-electron chi connectivity index (χ2n) is 6.02. The molecule has 130 valence electrons. The van der Waals surface area contributed by atoms with Crippen molar-refractivity contribution in [1.29, 1.82) is 0 Å². The molecule has 4 aromatic rings. The van der Waals surface area contributed by atoms with Crippen molar-refractivity contribution in [2.24, 2.45) is 0 Å². The van der Waals surface area contributed by atoms with Gasteiger partial charge in [0.25, 0.3) is 5.56 Å². The minimum absolute atomic E-state index is 0.165. The van der Waals surface area contributed by atoms with Crippen molar-refractivity contribution in [1.82, 2.24) is 9.71 Å². The zero-order chi connectivity index (χ0) is 18.1. The molecule has 0 radical (unpaired) electrons. The average molecular weight is 364 g/mol. The van der Waals surface area contributed by atoms with Crippen LogP contribution >= 0.6 is 0 Å². The molecule has 0 amide bonds. The van der Waals surface area contributed by atoms with Crippen molar-refractivity contribution in [3.8, 4) is 0 Å². The molecule has 0 bridgehead atoms. The third-order valence-electron chi connectivity index (χ3n) is 4.32. The van der Waals surface area contributed by atoms with E-state index in [0.717, 1.165) is 10.9 Å². The third kappa shape index (κ3) is 3.00. The second-order valence-corrected chi connectivity index (χ2v) is 7.78. The van der Waals surface area contributed by atoms with Crippen LogP contribution < -0.4 is 10.3 Å². The number of pyridine rings is 1. The van der Waals surface area contributed by atoms with E-state index in [1.54, 1.807) is 24.3 Å². The fourth-order valence-electron chi connectivity index (χ4n) is 2.99. The molecule has 1 aromatic heterocycles. The number of aromatic amines is 1. The minimum atomic E-state index is -3.67. The molecule has 0 aliphatic rings. The highest BCUT2D eigenvalue weighted by molar-refractivity contribution is 7.89. The van der Waals surface area contributed by atoms with Crippen molar-refractivity contribution in [3.05, 3.63) is 88.7 Å². The highest BCUT2D eigenvalue weighted by atomic mass is 32.2. The normalized spacial score (nSPS) is 11.8. The topological polar surface area (TPSA) is 79.0 Å². The first-order chi connectivity index (χ1) is 12.5. The molecule has 5 nitrogen and oxygen atoms in total. The molecule has 0 spiro atoms. The number of hydrogen-bond acceptors (Lipinski definition) is 3. The van der Waals surface area contributed by atoms with Crippen LogP contribution in [-0.4, -0.2) is 13.4 Å².